The molecule has 0 unspecified atom stereocenters. The fraction of sp³-hybridized carbons (Fsp3) is 0.267. The number of nitrogens with one attached hydrogen (secondary N) is 1. The molecule has 2 heterocycles. The summed E-state index contributed by atoms with van der Waals surface area (Å²) in [6.45, 7) is 5.23. The first-order valence-corrected chi connectivity index (χ1v) is 14.3. The average Bonchev–Trinajstić information content (AvgIpc) is 3.50. The number of benzene rings is 3. The molecule has 1 fully saturated rings. The van der Waals surface area contributed by atoms with E-state index in [1.807, 2.05) is 78.6 Å². The van der Waals surface area contributed by atoms with Crippen molar-refractivity contribution in [1.29, 1.82) is 0 Å². The highest BCUT2D eigenvalue weighted by molar-refractivity contribution is 7.99. The zero-order valence-corrected chi connectivity index (χ0v) is 23.7. The van der Waals surface area contributed by atoms with Crippen LogP contribution in [0.5, 0.6) is 11.5 Å². The van der Waals surface area contributed by atoms with Crippen LogP contribution in [0.25, 0.3) is 11.5 Å². The third kappa shape index (κ3) is 7.17. The normalized spacial score (nSPS) is 13.1. The lowest BCUT2D eigenvalue weighted by Crippen LogP contribution is -2.48. The Morgan fingerprint density at radius 1 is 0.951 bits per heavy atom. The summed E-state index contributed by atoms with van der Waals surface area (Å²) < 4.78 is 16.4. The summed E-state index contributed by atoms with van der Waals surface area (Å²) in [5.74, 6) is 1.80. The molecule has 4 aromatic rings. The van der Waals surface area contributed by atoms with Gasteiger partial charge in [0.05, 0.1) is 19.5 Å². The first-order chi connectivity index (χ1) is 20.0. The molecule has 1 N–H and O–H groups in total. The van der Waals surface area contributed by atoms with Crippen molar-refractivity contribution in [3.05, 3.63) is 78.4 Å². The Morgan fingerprint density at radius 3 is 2.41 bits per heavy atom. The van der Waals surface area contributed by atoms with Gasteiger partial charge < -0.3 is 29.0 Å². The Balaban J connectivity index is 1.07. The summed E-state index contributed by atoms with van der Waals surface area (Å²) in [5.41, 5.74) is 3.15. The third-order valence-corrected chi connectivity index (χ3v) is 7.36. The van der Waals surface area contributed by atoms with Gasteiger partial charge in [-0.3, -0.25) is 9.59 Å². The number of aromatic nitrogens is 2. The van der Waals surface area contributed by atoms with Gasteiger partial charge in [-0.25, -0.2) is 0 Å². The van der Waals surface area contributed by atoms with Crippen LogP contribution in [0.2, 0.25) is 0 Å². The van der Waals surface area contributed by atoms with Crippen LogP contribution in [0.3, 0.4) is 0 Å². The van der Waals surface area contributed by atoms with Gasteiger partial charge in [-0.15, -0.1) is 10.2 Å². The lowest BCUT2D eigenvalue weighted by Gasteiger charge is -2.36. The summed E-state index contributed by atoms with van der Waals surface area (Å²) in [6.07, 6.45) is 0. The number of ether oxygens (including phenoxy) is 2. The van der Waals surface area contributed by atoms with Gasteiger partial charge in [0.1, 0.15) is 11.5 Å². The summed E-state index contributed by atoms with van der Waals surface area (Å²) >= 11 is 1.18. The number of piperazine rings is 1. The Bertz CT molecular complexity index is 1470. The first-order valence-electron chi connectivity index (χ1n) is 13.3. The highest BCUT2D eigenvalue weighted by Gasteiger charge is 2.22. The van der Waals surface area contributed by atoms with Gasteiger partial charge in [0.15, 0.2) is 0 Å². The van der Waals surface area contributed by atoms with Crippen LogP contribution in [0.4, 0.5) is 11.4 Å². The Morgan fingerprint density at radius 2 is 1.71 bits per heavy atom. The molecule has 0 bridgehead atoms. The Kier molecular flexibility index (Phi) is 9.05. The third-order valence-electron chi connectivity index (χ3n) is 6.55. The lowest BCUT2D eigenvalue weighted by atomic mass is 10.1. The van der Waals surface area contributed by atoms with E-state index >= 15 is 0 Å². The molecular formula is C30H31N5O5S. The van der Waals surface area contributed by atoms with Crippen molar-refractivity contribution in [1.82, 2.24) is 15.1 Å². The number of hydrogen-bond acceptors (Lipinski definition) is 9. The van der Waals surface area contributed by atoms with Crippen LogP contribution < -0.4 is 19.7 Å². The molecule has 0 saturated carbocycles. The van der Waals surface area contributed by atoms with Gasteiger partial charge in [0.2, 0.25) is 11.8 Å². The van der Waals surface area contributed by atoms with Crippen molar-refractivity contribution >= 4 is 35.0 Å². The predicted molar refractivity (Wildman–Crippen MR) is 158 cm³/mol. The van der Waals surface area contributed by atoms with Crippen molar-refractivity contribution in [2.75, 3.05) is 55.9 Å². The molecule has 1 saturated heterocycles. The van der Waals surface area contributed by atoms with E-state index in [1.165, 1.54) is 11.8 Å². The maximum atomic E-state index is 12.9. The molecule has 0 atom stereocenters. The van der Waals surface area contributed by atoms with Gasteiger partial charge in [0.25, 0.3) is 11.1 Å². The molecule has 3 aromatic carbocycles. The summed E-state index contributed by atoms with van der Waals surface area (Å²) in [6, 6.07) is 22.3. The summed E-state index contributed by atoms with van der Waals surface area (Å²) in [7, 11) is 1.59. The number of carbonyl (C=O) groups is 2. The number of anilines is 2. The topological polar surface area (TPSA) is 110 Å². The molecule has 0 spiro atoms. The first kappa shape index (κ1) is 28.0. The number of carbonyl (C=O) groups excluding carboxylic acids is 2. The van der Waals surface area contributed by atoms with E-state index in [2.05, 4.69) is 20.4 Å². The van der Waals surface area contributed by atoms with E-state index in [-0.39, 0.29) is 17.6 Å². The van der Waals surface area contributed by atoms with Crippen LogP contribution in [0.1, 0.15) is 17.3 Å². The molecular weight excluding hydrogens is 542 g/mol. The minimum Gasteiger partial charge on any atom is -0.497 e. The fourth-order valence-corrected chi connectivity index (χ4v) is 4.99. The largest absolute Gasteiger partial charge is 0.497 e. The smallest absolute Gasteiger partial charge is 0.277 e. The molecule has 0 radical (unpaired) electrons. The Hall–Kier alpha value is -4.51. The van der Waals surface area contributed by atoms with E-state index in [9.17, 15) is 9.59 Å². The molecule has 2 amide bonds. The number of thioether (sulfide) groups is 1. The van der Waals surface area contributed by atoms with Gasteiger partial charge in [-0.2, -0.15) is 0 Å². The van der Waals surface area contributed by atoms with Gasteiger partial charge in [0, 0.05) is 48.7 Å². The number of hydrogen-bond donors (Lipinski definition) is 1. The number of nitrogens with zero attached hydrogens (tertiary/aromatic N) is 4. The molecule has 11 heteroatoms. The van der Waals surface area contributed by atoms with E-state index in [4.69, 9.17) is 13.9 Å². The van der Waals surface area contributed by atoms with Crippen molar-refractivity contribution < 1.29 is 23.5 Å². The number of rotatable bonds is 10. The van der Waals surface area contributed by atoms with Crippen molar-refractivity contribution in [2.45, 2.75) is 12.1 Å². The standard InChI is InChI=1S/C30H31N5O5S/c1-3-39-25-13-7-21(8-14-25)28-32-33-30(40-28)41-20-27(36)31-23-9-11-24(12-10-23)34-15-17-35(18-16-34)29(37)22-5-4-6-26(19-22)38-2/h4-14,19H,3,15-18,20H2,1-2H3,(H,31,36). The monoisotopic (exact) mass is 573 g/mol. The molecule has 41 heavy (non-hydrogen) atoms. The van der Waals surface area contributed by atoms with E-state index in [1.54, 1.807) is 13.2 Å². The summed E-state index contributed by atoms with van der Waals surface area (Å²) in [4.78, 5) is 29.5. The van der Waals surface area contributed by atoms with Crippen molar-refractivity contribution in [2.24, 2.45) is 0 Å². The second-order valence-corrected chi connectivity index (χ2v) is 10.2. The van der Waals surface area contributed by atoms with Crippen LogP contribution >= 0.6 is 11.8 Å². The maximum absolute atomic E-state index is 12.9. The molecule has 1 aliphatic rings. The van der Waals surface area contributed by atoms with Gasteiger partial charge in [-0.05, 0) is 73.7 Å². The zero-order chi connectivity index (χ0) is 28.6. The second-order valence-electron chi connectivity index (χ2n) is 9.23. The van der Waals surface area contributed by atoms with Crippen LogP contribution in [-0.4, -0.2) is 72.6 Å². The molecule has 5 rings (SSSR count). The maximum Gasteiger partial charge on any atom is 0.277 e. The van der Waals surface area contributed by atoms with Crippen LogP contribution in [0.15, 0.2) is 82.4 Å². The minimum atomic E-state index is -0.173. The molecule has 0 aliphatic carbocycles. The predicted octanol–water partition coefficient (Wildman–Crippen LogP) is 4.84. The van der Waals surface area contributed by atoms with Crippen LogP contribution in [-0.2, 0) is 4.79 Å². The molecule has 10 nitrogen and oxygen atoms in total. The summed E-state index contributed by atoms with van der Waals surface area (Å²) in [5, 5.41) is 11.3. The van der Waals surface area contributed by atoms with E-state index in [0.29, 0.717) is 47.8 Å². The van der Waals surface area contributed by atoms with Crippen LogP contribution in [0, 0.1) is 0 Å². The SMILES string of the molecule is CCOc1ccc(-c2nnc(SCC(=O)Nc3ccc(N4CCN(C(=O)c5cccc(OC)c5)CC4)cc3)o2)cc1. The highest BCUT2D eigenvalue weighted by Crippen LogP contribution is 2.26. The number of methoxy groups -OCH3 is 1. The zero-order valence-electron chi connectivity index (χ0n) is 22.9. The van der Waals surface area contributed by atoms with Gasteiger partial charge in [-0.1, -0.05) is 17.8 Å². The number of amides is 2. The molecule has 1 aliphatic heterocycles. The Labute approximate surface area is 242 Å². The average molecular weight is 574 g/mol. The minimum absolute atomic E-state index is 0.00685. The molecule has 212 valence electrons. The van der Waals surface area contributed by atoms with E-state index < -0.39 is 0 Å². The second kappa shape index (κ2) is 13.2. The highest BCUT2D eigenvalue weighted by atomic mass is 32.2. The molecule has 1 aromatic heterocycles. The van der Waals surface area contributed by atoms with Crippen molar-refractivity contribution in [3.63, 3.8) is 0 Å². The van der Waals surface area contributed by atoms with Gasteiger partial charge >= 0.3 is 0 Å². The lowest BCUT2D eigenvalue weighted by molar-refractivity contribution is -0.113. The fourth-order valence-electron chi connectivity index (χ4n) is 4.43. The van der Waals surface area contributed by atoms with Crippen molar-refractivity contribution in [3.8, 4) is 23.0 Å². The quantitative estimate of drug-likeness (QED) is 0.267. The van der Waals surface area contributed by atoms with E-state index in [0.717, 1.165) is 30.1 Å².